The van der Waals surface area contributed by atoms with Crippen LogP contribution in [0.2, 0.25) is 0 Å². The molecule has 4 aliphatic carbocycles. The first-order chi connectivity index (χ1) is 21.4. The predicted molar refractivity (Wildman–Crippen MR) is 171 cm³/mol. The van der Waals surface area contributed by atoms with Gasteiger partial charge in [-0.05, 0) is 91.3 Å². The van der Waals surface area contributed by atoms with Gasteiger partial charge in [0.25, 0.3) is 5.56 Å². The van der Waals surface area contributed by atoms with Gasteiger partial charge in [0.15, 0.2) is 6.23 Å². The Balaban J connectivity index is 1.15. The van der Waals surface area contributed by atoms with Gasteiger partial charge in [-0.3, -0.25) is 9.36 Å². The lowest BCUT2D eigenvalue weighted by molar-refractivity contribution is -0.0731. The Morgan fingerprint density at radius 1 is 1.02 bits per heavy atom. The van der Waals surface area contributed by atoms with Gasteiger partial charge in [-0.2, -0.15) is 0 Å². The zero-order chi connectivity index (χ0) is 32.3. The van der Waals surface area contributed by atoms with Crippen LogP contribution in [0.3, 0.4) is 0 Å². The zero-order valence-electron chi connectivity index (χ0n) is 27.9. The van der Waals surface area contributed by atoms with Crippen molar-refractivity contribution in [1.29, 1.82) is 0 Å². The van der Waals surface area contributed by atoms with Crippen molar-refractivity contribution in [3.05, 3.63) is 44.8 Å². The molecule has 0 spiro atoms. The first kappa shape index (κ1) is 33.0. The number of fused-ring (bicyclic) bond motifs is 5. The van der Waals surface area contributed by atoms with Gasteiger partial charge in [-0.1, -0.05) is 70.3 Å². The van der Waals surface area contributed by atoms with Crippen LogP contribution in [0.25, 0.3) is 0 Å². The van der Waals surface area contributed by atoms with Gasteiger partial charge in [-0.25, -0.2) is 4.79 Å². The summed E-state index contributed by atoms with van der Waals surface area (Å²) in [5.41, 5.74) is 0.606. The summed E-state index contributed by atoms with van der Waals surface area (Å²) in [6.07, 6.45) is 11.3. The van der Waals surface area contributed by atoms with Crippen LogP contribution in [0.4, 0.5) is 0 Å². The Morgan fingerprint density at radius 3 is 2.51 bits per heavy atom. The monoisotopic (exact) mass is 628 g/mol. The molecule has 12 atom stereocenters. The fourth-order valence-corrected chi connectivity index (χ4v) is 10.8. The SMILES string of the molecule is CC(C)CCC[C@@H](C)[C@H]1CC[C@H]2[C@@H]3CC=C4C[C@@H](On5c(=O)ccn([C@@H]6O[C@H](CO)[C@@H](O)[C@H]6O)c5=O)CC[C@]4(C)[C@H]3CC[C@]12C. The number of rotatable bonds is 9. The van der Waals surface area contributed by atoms with Gasteiger partial charge in [0.1, 0.15) is 24.4 Å². The second-order valence-corrected chi connectivity index (χ2v) is 16.1. The molecule has 1 saturated heterocycles. The molecule has 1 aromatic rings. The standard InChI is InChI=1S/C36H56N2O7/c1-21(2)7-6-8-22(3)26-11-12-27-25-10-9-23-19-24(13-16-35(23,4)28(25)14-17-36(26,27)5)45-38-30(40)15-18-37(34(38)43)33-32(42)31(41)29(20-39)44-33/h9,15,18,21-22,24-29,31-33,39,41-42H,6-8,10-14,16-17,19-20H2,1-5H3/t22-,24+,25+,26-,27+,28+,29-,31-,32-,33-,35+,36-/m1/s1. The molecule has 1 aliphatic heterocycles. The topological polar surface area (TPSA) is 123 Å². The Labute approximate surface area is 267 Å². The molecule has 0 bridgehead atoms. The van der Waals surface area contributed by atoms with E-state index in [2.05, 4.69) is 40.7 Å². The molecule has 45 heavy (non-hydrogen) atoms. The number of hydrogen-bond donors (Lipinski definition) is 3. The minimum Gasteiger partial charge on any atom is -0.402 e. The van der Waals surface area contributed by atoms with Crippen LogP contribution in [-0.2, 0) is 4.74 Å². The highest BCUT2D eigenvalue weighted by molar-refractivity contribution is 5.25. The molecule has 3 N–H and O–H groups in total. The molecule has 1 aromatic heterocycles. The minimum absolute atomic E-state index is 0.115. The fourth-order valence-electron chi connectivity index (χ4n) is 10.8. The summed E-state index contributed by atoms with van der Waals surface area (Å²) in [4.78, 5) is 32.3. The van der Waals surface area contributed by atoms with Crippen LogP contribution in [0, 0.1) is 46.3 Å². The van der Waals surface area contributed by atoms with Crippen molar-refractivity contribution < 1.29 is 24.9 Å². The van der Waals surface area contributed by atoms with Crippen LogP contribution in [0.5, 0.6) is 0 Å². The summed E-state index contributed by atoms with van der Waals surface area (Å²) in [6.45, 7) is 11.8. The molecule has 4 fully saturated rings. The second-order valence-electron chi connectivity index (χ2n) is 16.1. The Kier molecular flexibility index (Phi) is 9.22. The van der Waals surface area contributed by atoms with Crippen LogP contribution < -0.4 is 16.1 Å². The van der Waals surface area contributed by atoms with Crippen molar-refractivity contribution in [3.8, 4) is 0 Å². The van der Waals surface area contributed by atoms with Gasteiger partial charge in [0.05, 0.1) is 6.61 Å². The van der Waals surface area contributed by atoms with E-state index in [1.807, 2.05) is 0 Å². The fraction of sp³-hybridized carbons (Fsp3) is 0.833. The van der Waals surface area contributed by atoms with E-state index in [-0.39, 0.29) is 11.5 Å². The summed E-state index contributed by atoms with van der Waals surface area (Å²) in [7, 11) is 0. The molecule has 9 nitrogen and oxygen atoms in total. The molecule has 2 heterocycles. The Morgan fingerprint density at radius 2 is 1.80 bits per heavy atom. The van der Waals surface area contributed by atoms with E-state index in [1.165, 1.54) is 62.8 Å². The molecule has 5 aliphatic rings. The summed E-state index contributed by atoms with van der Waals surface area (Å²) < 4.78 is 7.36. The van der Waals surface area contributed by atoms with E-state index >= 15 is 0 Å². The largest absolute Gasteiger partial charge is 0.402 e. The number of aliphatic hydroxyl groups is 3. The molecule has 6 rings (SSSR count). The molecule has 252 valence electrons. The third kappa shape index (κ3) is 5.67. The summed E-state index contributed by atoms with van der Waals surface area (Å²) >= 11 is 0. The first-order valence-corrected chi connectivity index (χ1v) is 17.7. The lowest BCUT2D eigenvalue weighted by atomic mass is 9.47. The van der Waals surface area contributed by atoms with Gasteiger partial charge in [0.2, 0.25) is 0 Å². The van der Waals surface area contributed by atoms with E-state index in [0.29, 0.717) is 17.8 Å². The van der Waals surface area contributed by atoms with E-state index in [1.54, 1.807) is 0 Å². The zero-order valence-corrected chi connectivity index (χ0v) is 27.9. The normalized spacial score (nSPS) is 41.7. The minimum atomic E-state index is -1.43. The molecule has 0 unspecified atom stereocenters. The van der Waals surface area contributed by atoms with Crippen LogP contribution in [0.15, 0.2) is 33.5 Å². The molecule has 3 saturated carbocycles. The quantitative estimate of drug-likeness (QED) is 0.345. The number of allylic oxidation sites excluding steroid dienone is 1. The molecule has 0 radical (unpaired) electrons. The van der Waals surface area contributed by atoms with E-state index in [4.69, 9.17) is 9.57 Å². The van der Waals surface area contributed by atoms with E-state index in [9.17, 15) is 24.9 Å². The molecule has 0 aromatic carbocycles. The highest BCUT2D eigenvalue weighted by atomic mass is 16.7. The highest BCUT2D eigenvalue weighted by Crippen LogP contribution is 2.67. The summed E-state index contributed by atoms with van der Waals surface area (Å²) in [5.74, 6) is 4.59. The van der Waals surface area contributed by atoms with Gasteiger partial charge >= 0.3 is 5.69 Å². The number of nitrogens with zero attached hydrogens (tertiary/aromatic N) is 2. The predicted octanol–water partition coefficient (Wildman–Crippen LogP) is 4.46. The van der Waals surface area contributed by atoms with Crippen molar-refractivity contribution in [2.75, 3.05) is 6.61 Å². The van der Waals surface area contributed by atoms with Gasteiger partial charge in [-0.15, -0.1) is 0 Å². The maximum absolute atomic E-state index is 13.4. The Bertz CT molecular complexity index is 1370. The third-order valence-electron chi connectivity index (χ3n) is 13.3. The van der Waals surface area contributed by atoms with E-state index < -0.39 is 42.4 Å². The second kappa shape index (κ2) is 12.6. The number of ether oxygens (including phenoxy) is 1. The average Bonchev–Trinajstić information content (AvgIpc) is 3.50. The van der Waals surface area contributed by atoms with Crippen molar-refractivity contribution >= 4 is 0 Å². The first-order valence-electron chi connectivity index (χ1n) is 17.7. The lowest BCUT2D eigenvalue weighted by Crippen LogP contribution is -2.53. The third-order valence-corrected chi connectivity index (χ3v) is 13.3. The highest BCUT2D eigenvalue weighted by Gasteiger charge is 2.59. The maximum atomic E-state index is 13.4. The molecule has 9 heteroatoms. The lowest BCUT2D eigenvalue weighted by Gasteiger charge is -2.58. The van der Waals surface area contributed by atoms with E-state index in [0.717, 1.165) is 58.1 Å². The number of aromatic nitrogens is 2. The molecular weight excluding hydrogens is 572 g/mol. The number of aliphatic hydroxyl groups excluding tert-OH is 3. The summed E-state index contributed by atoms with van der Waals surface area (Å²) in [5, 5.41) is 30.1. The van der Waals surface area contributed by atoms with Crippen molar-refractivity contribution in [2.24, 2.45) is 46.3 Å². The summed E-state index contributed by atoms with van der Waals surface area (Å²) in [6, 6.07) is 1.20. The van der Waals surface area contributed by atoms with Crippen molar-refractivity contribution in [2.45, 2.75) is 136 Å². The van der Waals surface area contributed by atoms with Crippen LogP contribution in [-0.4, -0.2) is 55.6 Å². The maximum Gasteiger partial charge on any atom is 0.366 e. The van der Waals surface area contributed by atoms with Gasteiger partial charge < -0.3 is 24.9 Å². The average molecular weight is 629 g/mol. The number of hydrogen-bond acceptors (Lipinski definition) is 7. The molecule has 0 amide bonds. The van der Waals surface area contributed by atoms with Gasteiger partial charge in [0, 0.05) is 18.7 Å². The van der Waals surface area contributed by atoms with Crippen LogP contribution in [0.1, 0.15) is 111 Å². The van der Waals surface area contributed by atoms with Crippen LogP contribution >= 0.6 is 0 Å². The van der Waals surface area contributed by atoms with Crippen molar-refractivity contribution in [3.63, 3.8) is 0 Å². The smallest absolute Gasteiger partial charge is 0.366 e. The Hall–Kier alpha value is -1.94. The molecular formula is C36H56N2O7. The van der Waals surface area contributed by atoms with Crippen molar-refractivity contribution in [1.82, 2.24) is 9.30 Å².